The highest BCUT2D eigenvalue weighted by Gasteiger charge is 2.29. The number of aliphatic hydroxyl groups is 1. The second kappa shape index (κ2) is 8.52. The quantitative estimate of drug-likeness (QED) is 0.729. The van der Waals surface area contributed by atoms with E-state index in [1.54, 1.807) is 30.3 Å². The molecule has 0 aromatic heterocycles. The number of amides is 1. The van der Waals surface area contributed by atoms with Gasteiger partial charge in [0.15, 0.2) is 0 Å². The van der Waals surface area contributed by atoms with Gasteiger partial charge in [-0.2, -0.15) is 4.31 Å². The van der Waals surface area contributed by atoms with Crippen LogP contribution in [0.5, 0.6) is 0 Å². The number of nitrogens with one attached hydrogen (secondary N) is 1. The lowest BCUT2D eigenvalue weighted by atomic mass is 10.00. The number of hydrogen-bond donors (Lipinski definition) is 2. The molecule has 1 fully saturated rings. The van der Waals surface area contributed by atoms with Crippen LogP contribution in [0, 0.1) is 5.92 Å². The summed E-state index contributed by atoms with van der Waals surface area (Å²) in [4.78, 5) is 12.6. The molecule has 6 nitrogen and oxygen atoms in total. The molecule has 1 aliphatic rings. The second-order valence-corrected chi connectivity index (χ2v) is 9.38. The zero-order valence-electron chi connectivity index (χ0n) is 14.6. The first-order chi connectivity index (χ1) is 12.9. The predicted molar refractivity (Wildman–Crippen MR) is 107 cm³/mol. The summed E-state index contributed by atoms with van der Waals surface area (Å²) in [5.41, 5.74) is 0.898. The summed E-state index contributed by atoms with van der Waals surface area (Å²) in [6.45, 7) is 0.837. The average molecular weight is 453 g/mol. The monoisotopic (exact) mass is 452 g/mol. The first-order valence-corrected chi connectivity index (χ1v) is 10.9. The fourth-order valence-corrected chi connectivity index (χ4v) is 4.96. The lowest BCUT2D eigenvalue weighted by Gasteiger charge is -2.30. The highest BCUT2D eigenvalue weighted by molar-refractivity contribution is 9.10. The molecule has 3 rings (SSSR count). The van der Waals surface area contributed by atoms with Crippen LogP contribution in [-0.2, 0) is 10.0 Å². The Labute approximate surface area is 167 Å². The molecule has 0 radical (unpaired) electrons. The molecule has 0 spiro atoms. The van der Waals surface area contributed by atoms with Gasteiger partial charge < -0.3 is 10.4 Å². The minimum Gasteiger partial charge on any atom is -0.396 e. The lowest BCUT2D eigenvalue weighted by molar-refractivity contribution is 0.102. The molecule has 0 unspecified atom stereocenters. The van der Waals surface area contributed by atoms with Gasteiger partial charge in [0.1, 0.15) is 0 Å². The first kappa shape index (κ1) is 20.0. The van der Waals surface area contributed by atoms with Crippen LogP contribution in [0.4, 0.5) is 5.69 Å². The fraction of sp³-hybridized carbons (Fsp3) is 0.316. The highest BCUT2D eigenvalue weighted by atomic mass is 79.9. The molecule has 1 aliphatic heterocycles. The van der Waals surface area contributed by atoms with E-state index >= 15 is 0 Å². The number of carbonyl (C=O) groups excluding carboxylic acids is 1. The Morgan fingerprint density at radius 3 is 2.52 bits per heavy atom. The number of rotatable bonds is 5. The van der Waals surface area contributed by atoms with Gasteiger partial charge in [-0.05, 0) is 55.2 Å². The smallest absolute Gasteiger partial charge is 0.255 e. The average Bonchev–Trinajstić information content (AvgIpc) is 2.68. The van der Waals surface area contributed by atoms with Crippen molar-refractivity contribution in [3.05, 3.63) is 58.6 Å². The third-order valence-corrected chi connectivity index (χ3v) is 7.04. The number of hydrogen-bond acceptors (Lipinski definition) is 4. The standard InChI is InChI=1S/C19H21BrN2O4S/c20-16-4-2-5-17(12-16)21-19(24)15-3-1-6-18(11-15)27(25,26)22-9-7-14(13-23)8-10-22/h1-6,11-12,14,23H,7-10,13H2,(H,21,24). The number of carbonyl (C=O) groups is 1. The molecule has 1 saturated heterocycles. The number of anilines is 1. The Kier molecular flexibility index (Phi) is 6.31. The van der Waals surface area contributed by atoms with Crippen LogP contribution >= 0.6 is 15.9 Å². The Balaban J connectivity index is 1.77. The third-order valence-electron chi connectivity index (χ3n) is 4.65. The molecule has 2 aromatic rings. The van der Waals surface area contributed by atoms with Crippen LogP contribution in [0.2, 0.25) is 0 Å². The van der Waals surface area contributed by atoms with Crippen molar-refractivity contribution in [2.45, 2.75) is 17.7 Å². The molecule has 2 aromatic carbocycles. The lowest BCUT2D eigenvalue weighted by Crippen LogP contribution is -2.39. The Morgan fingerprint density at radius 2 is 1.85 bits per heavy atom. The van der Waals surface area contributed by atoms with Crippen molar-refractivity contribution in [1.29, 1.82) is 0 Å². The SMILES string of the molecule is O=C(Nc1cccc(Br)c1)c1cccc(S(=O)(=O)N2CCC(CO)CC2)c1. The van der Waals surface area contributed by atoms with Gasteiger partial charge in [0, 0.05) is 35.4 Å². The van der Waals surface area contributed by atoms with Gasteiger partial charge in [-0.15, -0.1) is 0 Å². The maximum Gasteiger partial charge on any atom is 0.255 e. The molecule has 1 heterocycles. The topological polar surface area (TPSA) is 86.7 Å². The summed E-state index contributed by atoms with van der Waals surface area (Å²) < 4.78 is 28.0. The molecule has 0 atom stereocenters. The van der Waals surface area contributed by atoms with Gasteiger partial charge in [0.05, 0.1) is 4.90 Å². The Hall–Kier alpha value is -1.74. The fourth-order valence-electron chi connectivity index (χ4n) is 3.05. The summed E-state index contributed by atoms with van der Waals surface area (Å²) >= 11 is 3.35. The second-order valence-electron chi connectivity index (χ2n) is 6.52. The van der Waals surface area contributed by atoms with Gasteiger partial charge in [0.25, 0.3) is 5.91 Å². The summed E-state index contributed by atoms with van der Waals surface area (Å²) in [6.07, 6.45) is 1.28. The normalized spacial score (nSPS) is 16.2. The van der Waals surface area contributed by atoms with Crippen molar-refractivity contribution < 1.29 is 18.3 Å². The van der Waals surface area contributed by atoms with Crippen molar-refractivity contribution in [1.82, 2.24) is 4.31 Å². The molecule has 27 heavy (non-hydrogen) atoms. The van der Waals surface area contributed by atoms with Gasteiger partial charge >= 0.3 is 0 Å². The van der Waals surface area contributed by atoms with Crippen LogP contribution < -0.4 is 5.32 Å². The molecule has 0 saturated carbocycles. The minimum absolute atomic E-state index is 0.0825. The number of piperidine rings is 1. The molecule has 1 amide bonds. The molecular weight excluding hydrogens is 432 g/mol. The summed E-state index contributed by atoms with van der Waals surface area (Å²) in [5.74, 6) is -0.220. The van der Waals surface area contributed by atoms with E-state index in [0.29, 0.717) is 31.6 Å². The summed E-state index contributed by atoms with van der Waals surface area (Å²) in [7, 11) is -3.67. The summed E-state index contributed by atoms with van der Waals surface area (Å²) in [5, 5.41) is 12.0. The van der Waals surface area contributed by atoms with E-state index in [2.05, 4.69) is 21.2 Å². The number of benzene rings is 2. The van der Waals surface area contributed by atoms with Gasteiger partial charge in [0.2, 0.25) is 10.0 Å². The van der Waals surface area contributed by atoms with Crippen LogP contribution in [0.15, 0.2) is 57.9 Å². The maximum atomic E-state index is 12.9. The van der Waals surface area contributed by atoms with Gasteiger partial charge in [-0.1, -0.05) is 28.1 Å². The zero-order chi connectivity index (χ0) is 19.4. The van der Waals surface area contributed by atoms with E-state index in [9.17, 15) is 18.3 Å². The number of nitrogens with zero attached hydrogens (tertiary/aromatic N) is 1. The Bertz CT molecular complexity index is 925. The minimum atomic E-state index is -3.67. The maximum absolute atomic E-state index is 12.9. The highest BCUT2D eigenvalue weighted by Crippen LogP contribution is 2.24. The number of sulfonamides is 1. The number of halogens is 1. The van der Waals surface area contributed by atoms with Crippen LogP contribution in [-0.4, -0.2) is 43.4 Å². The largest absolute Gasteiger partial charge is 0.396 e. The molecular formula is C19H21BrN2O4S. The van der Waals surface area contributed by atoms with E-state index in [0.717, 1.165) is 4.47 Å². The predicted octanol–water partition coefficient (Wildman–Crippen LogP) is 3.09. The van der Waals surface area contributed by atoms with E-state index in [1.165, 1.54) is 16.4 Å². The molecule has 0 bridgehead atoms. The number of aliphatic hydroxyl groups excluding tert-OH is 1. The molecule has 0 aliphatic carbocycles. The van der Waals surface area contributed by atoms with E-state index < -0.39 is 10.0 Å². The first-order valence-electron chi connectivity index (χ1n) is 8.68. The summed E-state index contributed by atoms with van der Waals surface area (Å²) in [6, 6.07) is 13.2. The van der Waals surface area contributed by atoms with Crippen LogP contribution in [0.3, 0.4) is 0 Å². The molecule has 8 heteroatoms. The van der Waals surface area contributed by atoms with E-state index in [4.69, 9.17) is 0 Å². The van der Waals surface area contributed by atoms with Gasteiger partial charge in [-0.25, -0.2) is 8.42 Å². The Morgan fingerprint density at radius 1 is 1.15 bits per heavy atom. The van der Waals surface area contributed by atoms with Crippen molar-refractivity contribution in [3.8, 4) is 0 Å². The molecule has 144 valence electrons. The third kappa shape index (κ3) is 4.76. The molecule has 2 N–H and O–H groups in total. The van der Waals surface area contributed by atoms with Crippen LogP contribution in [0.1, 0.15) is 23.2 Å². The van der Waals surface area contributed by atoms with Crippen molar-refractivity contribution >= 4 is 37.5 Å². The van der Waals surface area contributed by atoms with Crippen molar-refractivity contribution in [2.75, 3.05) is 25.0 Å². The van der Waals surface area contributed by atoms with E-state index in [1.807, 2.05) is 6.07 Å². The van der Waals surface area contributed by atoms with Crippen molar-refractivity contribution in [3.63, 3.8) is 0 Å². The zero-order valence-corrected chi connectivity index (χ0v) is 17.0. The van der Waals surface area contributed by atoms with Gasteiger partial charge in [-0.3, -0.25) is 4.79 Å². The van der Waals surface area contributed by atoms with Crippen LogP contribution in [0.25, 0.3) is 0 Å². The van der Waals surface area contributed by atoms with E-state index in [-0.39, 0.29) is 28.9 Å². The van der Waals surface area contributed by atoms with Crippen molar-refractivity contribution in [2.24, 2.45) is 5.92 Å².